The van der Waals surface area contributed by atoms with Gasteiger partial charge in [-0.1, -0.05) is 15.9 Å². The van der Waals surface area contributed by atoms with Crippen LogP contribution in [0.1, 0.15) is 26.6 Å². The molecule has 1 atom stereocenters. The van der Waals surface area contributed by atoms with Gasteiger partial charge in [0.2, 0.25) is 0 Å². The molecule has 0 aliphatic heterocycles. The zero-order chi connectivity index (χ0) is 13.1. The standard InChI is InChI=1S/C11H14BrF3OS/c1-7-5-8(2)17-10(7)9(12)3-4-16-6-11(13,14)15/h5,9H,3-4,6H2,1-2H3. The van der Waals surface area contributed by atoms with Crippen molar-refractivity contribution in [2.24, 2.45) is 0 Å². The Morgan fingerprint density at radius 3 is 2.53 bits per heavy atom. The fourth-order valence-electron chi connectivity index (χ4n) is 1.48. The Balaban J connectivity index is 2.35. The first kappa shape index (κ1) is 15.0. The van der Waals surface area contributed by atoms with Gasteiger partial charge in [-0.3, -0.25) is 0 Å². The average Bonchev–Trinajstić information content (AvgIpc) is 2.51. The fourth-order valence-corrected chi connectivity index (χ4v) is 3.35. The van der Waals surface area contributed by atoms with Crippen LogP contribution in [0.15, 0.2) is 6.07 Å². The summed E-state index contributed by atoms with van der Waals surface area (Å²) in [6.45, 7) is 2.95. The van der Waals surface area contributed by atoms with Gasteiger partial charge < -0.3 is 4.74 Å². The van der Waals surface area contributed by atoms with E-state index in [2.05, 4.69) is 26.7 Å². The van der Waals surface area contributed by atoms with Gasteiger partial charge in [-0.05, 0) is 31.9 Å². The topological polar surface area (TPSA) is 9.23 Å². The highest BCUT2D eigenvalue weighted by Crippen LogP contribution is 2.35. The molecule has 1 nitrogen and oxygen atoms in total. The van der Waals surface area contributed by atoms with Crippen molar-refractivity contribution in [3.63, 3.8) is 0 Å². The van der Waals surface area contributed by atoms with Gasteiger partial charge in [-0.2, -0.15) is 13.2 Å². The molecule has 0 spiro atoms. The second-order valence-corrected chi connectivity index (χ2v) is 6.22. The number of alkyl halides is 4. The predicted octanol–water partition coefficient (Wildman–Crippen LogP) is 4.77. The third kappa shape index (κ3) is 5.40. The first-order valence-corrected chi connectivity index (χ1v) is 6.88. The molecule has 0 saturated carbocycles. The van der Waals surface area contributed by atoms with E-state index in [0.29, 0.717) is 6.42 Å². The van der Waals surface area contributed by atoms with Crippen LogP contribution in [0.4, 0.5) is 13.2 Å². The Labute approximate surface area is 111 Å². The van der Waals surface area contributed by atoms with E-state index in [0.717, 1.165) is 4.88 Å². The second-order valence-electron chi connectivity index (χ2n) is 3.83. The molecule has 0 saturated heterocycles. The van der Waals surface area contributed by atoms with Gasteiger partial charge in [-0.25, -0.2) is 0 Å². The maximum absolute atomic E-state index is 11.8. The Hall–Kier alpha value is -0.0700. The summed E-state index contributed by atoms with van der Waals surface area (Å²) in [6, 6.07) is 2.07. The monoisotopic (exact) mass is 330 g/mol. The van der Waals surface area contributed by atoms with Gasteiger partial charge in [0.1, 0.15) is 6.61 Å². The summed E-state index contributed by atoms with van der Waals surface area (Å²) in [5.74, 6) is 0. The maximum atomic E-state index is 11.8. The first-order valence-electron chi connectivity index (χ1n) is 5.15. The average molecular weight is 331 g/mol. The number of aryl methyl sites for hydroxylation is 2. The molecular weight excluding hydrogens is 317 g/mol. The van der Waals surface area contributed by atoms with Crippen molar-refractivity contribution in [1.82, 2.24) is 0 Å². The second kappa shape index (κ2) is 6.20. The highest BCUT2D eigenvalue weighted by Gasteiger charge is 2.27. The lowest BCUT2D eigenvalue weighted by atomic mass is 10.2. The zero-order valence-corrected chi connectivity index (χ0v) is 12.0. The van der Waals surface area contributed by atoms with Crippen LogP contribution < -0.4 is 0 Å². The fraction of sp³-hybridized carbons (Fsp3) is 0.636. The molecule has 0 bridgehead atoms. The minimum Gasteiger partial charge on any atom is -0.372 e. The molecule has 1 unspecified atom stereocenters. The molecule has 1 rings (SSSR count). The van der Waals surface area contributed by atoms with Crippen LogP contribution in [-0.4, -0.2) is 19.4 Å². The summed E-state index contributed by atoms with van der Waals surface area (Å²) in [4.78, 5) is 2.44. The summed E-state index contributed by atoms with van der Waals surface area (Å²) in [7, 11) is 0. The molecule has 98 valence electrons. The molecule has 0 radical (unpaired) electrons. The van der Waals surface area contributed by atoms with Gasteiger partial charge >= 0.3 is 6.18 Å². The number of thiophene rings is 1. The summed E-state index contributed by atoms with van der Waals surface area (Å²) in [6.07, 6.45) is -3.70. The van der Waals surface area contributed by atoms with E-state index in [1.54, 1.807) is 11.3 Å². The molecule has 0 aromatic carbocycles. The van der Waals surface area contributed by atoms with Crippen molar-refractivity contribution in [2.45, 2.75) is 31.3 Å². The van der Waals surface area contributed by atoms with Crippen molar-refractivity contribution < 1.29 is 17.9 Å². The van der Waals surface area contributed by atoms with E-state index in [-0.39, 0.29) is 11.4 Å². The summed E-state index contributed by atoms with van der Waals surface area (Å²) in [5.41, 5.74) is 1.17. The molecule has 0 fully saturated rings. The van der Waals surface area contributed by atoms with Crippen molar-refractivity contribution >= 4 is 27.3 Å². The molecule has 1 aromatic heterocycles. The van der Waals surface area contributed by atoms with Crippen molar-refractivity contribution in [3.8, 4) is 0 Å². The minimum atomic E-state index is -4.24. The molecule has 0 N–H and O–H groups in total. The zero-order valence-electron chi connectivity index (χ0n) is 9.60. The van der Waals surface area contributed by atoms with E-state index in [4.69, 9.17) is 0 Å². The molecule has 0 aliphatic rings. The lowest BCUT2D eigenvalue weighted by Gasteiger charge is -2.11. The van der Waals surface area contributed by atoms with Crippen molar-refractivity contribution in [3.05, 3.63) is 21.4 Å². The minimum absolute atomic E-state index is 0.0643. The van der Waals surface area contributed by atoms with Crippen molar-refractivity contribution in [2.75, 3.05) is 13.2 Å². The number of hydrogen-bond acceptors (Lipinski definition) is 2. The molecule has 0 aliphatic carbocycles. The van der Waals surface area contributed by atoms with E-state index in [1.165, 1.54) is 10.4 Å². The van der Waals surface area contributed by atoms with Gasteiger partial charge in [-0.15, -0.1) is 11.3 Å². The number of halogens is 4. The van der Waals surface area contributed by atoms with Gasteiger partial charge in [0.05, 0.1) is 4.83 Å². The van der Waals surface area contributed by atoms with Crippen LogP contribution in [0.2, 0.25) is 0 Å². The van der Waals surface area contributed by atoms with E-state index in [1.807, 2.05) is 13.8 Å². The smallest absolute Gasteiger partial charge is 0.372 e. The largest absolute Gasteiger partial charge is 0.411 e. The van der Waals surface area contributed by atoms with Crippen LogP contribution in [0.3, 0.4) is 0 Å². The number of hydrogen-bond donors (Lipinski definition) is 0. The summed E-state index contributed by atoms with van der Waals surface area (Å²) in [5, 5.41) is 0. The van der Waals surface area contributed by atoms with Crippen molar-refractivity contribution in [1.29, 1.82) is 0 Å². The highest BCUT2D eigenvalue weighted by atomic mass is 79.9. The van der Waals surface area contributed by atoms with Gasteiger partial charge in [0.15, 0.2) is 0 Å². The Morgan fingerprint density at radius 1 is 1.41 bits per heavy atom. The third-order valence-electron chi connectivity index (χ3n) is 2.15. The normalized spacial score (nSPS) is 14.0. The quantitative estimate of drug-likeness (QED) is 0.558. The first-order chi connectivity index (χ1) is 7.79. The third-order valence-corrected chi connectivity index (χ3v) is 4.63. The van der Waals surface area contributed by atoms with Gasteiger partial charge in [0, 0.05) is 16.4 Å². The molecular formula is C11H14BrF3OS. The highest BCUT2D eigenvalue weighted by molar-refractivity contribution is 9.09. The SMILES string of the molecule is Cc1cc(C)c(C(Br)CCOCC(F)(F)F)s1. The lowest BCUT2D eigenvalue weighted by molar-refractivity contribution is -0.174. The van der Waals surface area contributed by atoms with E-state index < -0.39 is 12.8 Å². The number of ether oxygens (including phenoxy) is 1. The number of rotatable bonds is 5. The summed E-state index contributed by atoms with van der Waals surface area (Å²) < 4.78 is 40.1. The van der Waals surface area contributed by atoms with Crippen LogP contribution in [-0.2, 0) is 4.74 Å². The molecule has 0 amide bonds. The Kier molecular flexibility index (Phi) is 5.47. The van der Waals surface area contributed by atoms with Crippen LogP contribution in [0.5, 0.6) is 0 Å². The van der Waals surface area contributed by atoms with E-state index >= 15 is 0 Å². The maximum Gasteiger partial charge on any atom is 0.411 e. The summed E-state index contributed by atoms with van der Waals surface area (Å²) >= 11 is 5.14. The molecule has 1 aromatic rings. The predicted molar refractivity (Wildman–Crippen MR) is 67.0 cm³/mol. The van der Waals surface area contributed by atoms with Crippen LogP contribution >= 0.6 is 27.3 Å². The lowest BCUT2D eigenvalue weighted by Crippen LogP contribution is -2.17. The Morgan fingerprint density at radius 2 is 2.06 bits per heavy atom. The van der Waals surface area contributed by atoms with Gasteiger partial charge in [0.25, 0.3) is 0 Å². The molecule has 1 heterocycles. The van der Waals surface area contributed by atoms with Crippen LogP contribution in [0, 0.1) is 13.8 Å². The Bertz CT molecular complexity index is 362. The van der Waals surface area contributed by atoms with E-state index in [9.17, 15) is 13.2 Å². The molecule has 17 heavy (non-hydrogen) atoms. The van der Waals surface area contributed by atoms with Crippen LogP contribution in [0.25, 0.3) is 0 Å². The molecule has 6 heteroatoms.